The predicted octanol–water partition coefficient (Wildman–Crippen LogP) is 4.63. The molecule has 7 heteroatoms. The van der Waals surface area contributed by atoms with Crippen LogP contribution in [0.15, 0.2) is 77.5 Å². The van der Waals surface area contributed by atoms with E-state index in [0.717, 1.165) is 28.1 Å². The molecular weight excluding hydrogens is 410 g/mol. The van der Waals surface area contributed by atoms with Crippen LogP contribution in [0.2, 0.25) is 0 Å². The smallest absolute Gasteiger partial charge is 0.310 e. The highest BCUT2D eigenvalue weighted by molar-refractivity contribution is 7.08. The van der Waals surface area contributed by atoms with E-state index >= 15 is 0 Å². The number of rotatable bonds is 7. The second kappa shape index (κ2) is 9.40. The van der Waals surface area contributed by atoms with E-state index in [1.54, 1.807) is 4.68 Å². The van der Waals surface area contributed by atoms with Crippen molar-refractivity contribution in [3.63, 3.8) is 0 Å². The SMILES string of the molecule is Cc1ccc(-c2cc(NC(=O)COC(=O)Cc3ccsc3)n(-c3ccccc3)n2)cc1. The van der Waals surface area contributed by atoms with E-state index in [1.807, 2.05) is 84.4 Å². The molecule has 1 amide bonds. The van der Waals surface area contributed by atoms with Gasteiger partial charge in [0.15, 0.2) is 6.61 Å². The first-order chi connectivity index (χ1) is 15.1. The van der Waals surface area contributed by atoms with Crippen LogP contribution in [0.5, 0.6) is 0 Å². The zero-order valence-electron chi connectivity index (χ0n) is 16.9. The molecule has 1 N–H and O–H groups in total. The summed E-state index contributed by atoms with van der Waals surface area (Å²) in [6, 6.07) is 21.2. The molecular formula is C24H21N3O3S. The van der Waals surface area contributed by atoms with Crippen molar-refractivity contribution in [2.75, 3.05) is 11.9 Å². The van der Waals surface area contributed by atoms with E-state index in [2.05, 4.69) is 10.4 Å². The maximum absolute atomic E-state index is 12.5. The van der Waals surface area contributed by atoms with Gasteiger partial charge in [-0.25, -0.2) is 4.68 Å². The topological polar surface area (TPSA) is 73.2 Å². The third-order valence-corrected chi connectivity index (χ3v) is 5.35. The zero-order chi connectivity index (χ0) is 21.6. The van der Waals surface area contributed by atoms with Gasteiger partial charge in [0.05, 0.1) is 17.8 Å². The quantitative estimate of drug-likeness (QED) is 0.433. The van der Waals surface area contributed by atoms with E-state index < -0.39 is 11.9 Å². The van der Waals surface area contributed by atoms with Crippen LogP contribution < -0.4 is 5.32 Å². The second-order valence-corrected chi connectivity index (χ2v) is 7.83. The number of para-hydroxylation sites is 1. The standard InChI is InChI=1S/C24H21N3O3S/c1-17-7-9-19(10-8-17)21-14-22(27(26-21)20-5-3-2-4-6-20)25-23(28)15-30-24(29)13-18-11-12-31-16-18/h2-12,14,16H,13,15H2,1H3,(H,25,28). The molecule has 0 aliphatic carbocycles. The Morgan fingerprint density at radius 3 is 2.55 bits per heavy atom. The Bertz CT molecular complexity index is 1170. The first kappa shape index (κ1) is 20.6. The van der Waals surface area contributed by atoms with Gasteiger partial charge < -0.3 is 10.1 Å². The third-order valence-electron chi connectivity index (χ3n) is 4.62. The molecule has 156 valence electrons. The number of carbonyl (C=O) groups excluding carboxylic acids is 2. The highest BCUT2D eigenvalue weighted by Crippen LogP contribution is 2.25. The number of hydrogen-bond donors (Lipinski definition) is 1. The summed E-state index contributed by atoms with van der Waals surface area (Å²) in [7, 11) is 0. The summed E-state index contributed by atoms with van der Waals surface area (Å²) in [4.78, 5) is 24.4. The van der Waals surface area contributed by atoms with Crippen LogP contribution in [0.4, 0.5) is 5.82 Å². The lowest BCUT2D eigenvalue weighted by molar-refractivity contribution is -0.146. The Kier molecular flexibility index (Phi) is 6.24. The van der Waals surface area contributed by atoms with E-state index in [1.165, 1.54) is 11.3 Å². The lowest BCUT2D eigenvalue weighted by Gasteiger charge is -2.09. The maximum Gasteiger partial charge on any atom is 0.310 e. The number of ether oxygens (including phenoxy) is 1. The summed E-state index contributed by atoms with van der Waals surface area (Å²) in [5.41, 5.74) is 4.52. The summed E-state index contributed by atoms with van der Waals surface area (Å²) in [5.74, 6) is -0.364. The van der Waals surface area contributed by atoms with Crippen molar-refractivity contribution in [2.24, 2.45) is 0 Å². The van der Waals surface area contributed by atoms with Crippen molar-refractivity contribution in [3.05, 3.63) is 88.6 Å². The molecule has 2 heterocycles. The van der Waals surface area contributed by atoms with Crippen LogP contribution in [-0.4, -0.2) is 28.3 Å². The first-order valence-corrected chi connectivity index (χ1v) is 10.7. The average Bonchev–Trinajstić information content (AvgIpc) is 3.43. The Balaban J connectivity index is 1.50. The van der Waals surface area contributed by atoms with E-state index in [-0.39, 0.29) is 13.0 Å². The maximum atomic E-state index is 12.5. The zero-order valence-corrected chi connectivity index (χ0v) is 17.8. The molecule has 2 aromatic carbocycles. The van der Waals surface area contributed by atoms with Crippen LogP contribution in [0.1, 0.15) is 11.1 Å². The lowest BCUT2D eigenvalue weighted by Crippen LogP contribution is -2.22. The molecule has 0 radical (unpaired) electrons. The van der Waals surface area contributed by atoms with Crippen LogP contribution in [0, 0.1) is 6.92 Å². The van der Waals surface area contributed by atoms with Gasteiger partial charge in [-0.2, -0.15) is 16.4 Å². The van der Waals surface area contributed by atoms with Gasteiger partial charge in [-0.05, 0) is 41.4 Å². The monoisotopic (exact) mass is 431 g/mol. The van der Waals surface area contributed by atoms with Gasteiger partial charge in [0.1, 0.15) is 5.82 Å². The second-order valence-electron chi connectivity index (χ2n) is 7.05. The van der Waals surface area contributed by atoms with Crippen LogP contribution in [0.3, 0.4) is 0 Å². The van der Waals surface area contributed by atoms with Gasteiger partial charge in [0, 0.05) is 11.6 Å². The van der Waals surface area contributed by atoms with Crippen molar-refractivity contribution in [1.29, 1.82) is 0 Å². The molecule has 0 fully saturated rings. The molecule has 6 nitrogen and oxygen atoms in total. The Labute approximate surface area is 184 Å². The van der Waals surface area contributed by atoms with Gasteiger partial charge in [0.25, 0.3) is 5.91 Å². The van der Waals surface area contributed by atoms with E-state index in [0.29, 0.717) is 5.82 Å². The van der Waals surface area contributed by atoms with Crippen molar-refractivity contribution in [2.45, 2.75) is 13.3 Å². The van der Waals surface area contributed by atoms with E-state index in [9.17, 15) is 9.59 Å². The molecule has 0 aliphatic heterocycles. The fraction of sp³-hybridized carbons (Fsp3) is 0.125. The highest BCUT2D eigenvalue weighted by atomic mass is 32.1. The number of hydrogen-bond acceptors (Lipinski definition) is 5. The summed E-state index contributed by atoms with van der Waals surface area (Å²) in [6.07, 6.45) is 0.149. The lowest BCUT2D eigenvalue weighted by atomic mass is 10.1. The largest absolute Gasteiger partial charge is 0.455 e. The molecule has 2 aromatic heterocycles. The van der Waals surface area contributed by atoms with E-state index in [4.69, 9.17) is 4.74 Å². The number of esters is 1. The number of amides is 1. The van der Waals surface area contributed by atoms with Crippen molar-refractivity contribution in [3.8, 4) is 16.9 Å². The molecule has 0 aliphatic rings. The minimum atomic E-state index is -0.439. The minimum Gasteiger partial charge on any atom is -0.455 e. The molecule has 0 saturated carbocycles. The summed E-state index contributed by atoms with van der Waals surface area (Å²) in [5, 5.41) is 11.3. The number of nitrogens with one attached hydrogen (secondary N) is 1. The van der Waals surface area contributed by atoms with Gasteiger partial charge in [-0.1, -0.05) is 48.0 Å². The summed E-state index contributed by atoms with van der Waals surface area (Å²) >= 11 is 1.51. The van der Waals surface area contributed by atoms with Gasteiger partial charge in [-0.15, -0.1) is 0 Å². The van der Waals surface area contributed by atoms with Gasteiger partial charge >= 0.3 is 5.97 Å². The normalized spacial score (nSPS) is 10.6. The van der Waals surface area contributed by atoms with Crippen LogP contribution in [-0.2, 0) is 20.7 Å². The Morgan fingerprint density at radius 2 is 1.84 bits per heavy atom. The fourth-order valence-electron chi connectivity index (χ4n) is 3.04. The number of anilines is 1. The Morgan fingerprint density at radius 1 is 1.06 bits per heavy atom. The number of aromatic nitrogens is 2. The molecule has 0 spiro atoms. The minimum absolute atomic E-state index is 0.149. The summed E-state index contributed by atoms with van der Waals surface area (Å²) in [6.45, 7) is 1.67. The number of carbonyl (C=O) groups is 2. The summed E-state index contributed by atoms with van der Waals surface area (Å²) < 4.78 is 6.79. The number of thiophene rings is 1. The van der Waals surface area contributed by atoms with Crippen molar-refractivity contribution < 1.29 is 14.3 Å². The predicted molar refractivity (Wildman–Crippen MR) is 121 cm³/mol. The average molecular weight is 432 g/mol. The number of aryl methyl sites for hydroxylation is 1. The van der Waals surface area contributed by atoms with Gasteiger partial charge in [0.2, 0.25) is 0 Å². The molecule has 4 aromatic rings. The molecule has 0 bridgehead atoms. The fourth-order valence-corrected chi connectivity index (χ4v) is 3.71. The molecule has 4 rings (SSSR count). The number of benzene rings is 2. The first-order valence-electron chi connectivity index (χ1n) is 9.77. The Hall–Kier alpha value is -3.71. The third kappa shape index (κ3) is 5.26. The van der Waals surface area contributed by atoms with Crippen molar-refractivity contribution >= 4 is 29.0 Å². The van der Waals surface area contributed by atoms with Crippen LogP contribution >= 0.6 is 11.3 Å². The highest BCUT2D eigenvalue weighted by Gasteiger charge is 2.15. The molecule has 0 unspecified atom stereocenters. The van der Waals surface area contributed by atoms with Crippen molar-refractivity contribution in [1.82, 2.24) is 9.78 Å². The molecule has 0 saturated heterocycles. The molecule has 0 atom stereocenters. The van der Waals surface area contributed by atoms with Gasteiger partial charge in [-0.3, -0.25) is 9.59 Å². The van der Waals surface area contributed by atoms with Crippen LogP contribution in [0.25, 0.3) is 16.9 Å². The molecule has 31 heavy (non-hydrogen) atoms. The number of nitrogens with zero attached hydrogens (tertiary/aromatic N) is 2.